The van der Waals surface area contributed by atoms with Gasteiger partial charge < -0.3 is 20.3 Å². The summed E-state index contributed by atoms with van der Waals surface area (Å²) in [5.41, 5.74) is 5.47. The third-order valence-electron chi connectivity index (χ3n) is 6.54. The van der Waals surface area contributed by atoms with Crippen LogP contribution in [0.1, 0.15) is 29.7 Å². The Hall–Kier alpha value is -3.03. The Balaban J connectivity index is 1.57. The molecular weight excluding hydrogens is 452 g/mol. The van der Waals surface area contributed by atoms with Crippen LogP contribution in [0, 0.1) is 13.8 Å². The quantitative estimate of drug-likeness (QED) is 0.610. The van der Waals surface area contributed by atoms with Crippen LogP contribution in [0.15, 0.2) is 53.7 Å². The molecule has 1 fully saturated rings. The van der Waals surface area contributed by atoms with Crippen LogP contribution >= 0.6 is 11.6 Å². The van der Waals surface area contributed by atoms with Crippen molar-refractivity contribution in [2.75, 3.05) is 44.2 Å². The summed E-state index contributed by atoms with van der Waals surface area (Å²) in [6.45, 7) is 10.1. The molecule has 7 nitrogen and oxygen atoms in total. The Bertz CT molecular complexity index is 1110. The highest BCUT2D eigenvalue weighted by Gasteiger charge is 2.35. The lowest BCUT2D eigenvalue weighted by Gasteiger charge is -2.38. The summed E-state index contributed by atoms with van der Waals surface area (Å²) >= 11 is 6.43. The number of amides is 2. The van der Waals surface area contributed by atoms with Gasteiger partial charge in [-0.05, 0) is 49.6 Å². The Morgan fingerprint density at radius 3 is 2.53 bits per heavy atom. The predicted molar refractivity (Wildman–Crippen MR) is 134 cm³/mol. The van der Waals surface area contributed by atoms with E-state index in [0.717, 1.165) is 26.2 Å². The summed E-state index contributed by atoms with van der Waals surface area (Å²) in [6, 6.07) is 12.6. The number of nitrogens with one attached hydrogen (secondary N) is 2. The fourth-order valence-corrected chi connectivity index (χ4v) is 4.83. The number of nitrogens with zero attached hydrogens (tertiary/aromatic N) is 2. The second kappa shape index (κ2) is 10.5. The molecule has 2 aromatic carbocycles. The molecule has 0 bridgehead atoms. The number of aryl methyl sites for hydroxylation is 1. The molecule has 0 radical (unpaired) electrons. The SMILES string of the molecule is CCOC(=O)C1=C(CN2CCN(c3cccc(C)c3C)CC2)NC(=O)N[C@@H]1c1ccccc1Cl. The van der Waals surface area contributed by atoms with Crippen molar-refractivity contribution in [3.63, 3.8) is 0 Å². The van der Waals surface area contributed by atoms with Crippen molar-refractivity contribution in [2.45, 2.75) is 26.8 Å². The molecule has 1 saturated heterocycles. The smallest absolute Gasteiger partial charge is 0.338 e. The maximum atomic E-state index is 13.0. The highest BCUT2D eigenvalue weighted by atomic mass is 35.5. The molecule has 0 spiro atoms. The van der Waals surface area contributed by atoms with Gasteiger partial charge in [0.1, 0.15) is 0 Å². The van der Waals surface area contributed by atoms with Gasteiger partial charge in [-0.15, -0.1) is 0 Å². The lowest BCUT2D eigenvalue weighted by atomic mass is 9.94. The number of rotatable bonds is 6. The van der Waals surface area contributed by atoms with Crippen molar-refractivity contribution in [3.05, 3.63) is 75.4 Å². The molecule has 1 atom stereocenters. The van der Waals surface area contributed by atoms with Gasteiger partial charge in [-0.3, -0.25) is 4.90 Å². The number of hydrogen-bond acceptors (Lipinski definition) is 5. The van der Waals surface area contributed by atoms with Crippen LogP contribution in [-0.4, -0.2) is 56.2 Å². The van der Waals surface area contributed by atoms with E-state index in [1.54, 1.807) is 13.0 Å². The molecule has 8 heteroatoms. The molecule has 2 aliphatic rings. The molecule has 180 valence electrons. The number of hydrogen-bond donors (Lipinski definition) is 2. The van der Waals surface area contributed by atoms with Gasteiger partial charge >= 0.3 is 12.0 Å². The lowest BCUT2D eigenvalue weighted by molar-refractivity contribution is -0.139. The minimum absolute atomic E-state index is 0.243. The van der Waals surface area contributed by atoms with Gasteiger partial charge in [-0.25, -0.2) is 9.59 Å². The van der Waals surface area contributed by atoms with E-state index in [9.17, 15) is 9.59 Å². The Morgan fingerprint density at radius 1 is 1.09 bits per heavy atom. The summed E-state index contributed by atoms with van der Waals surface area (Å²) in [7, 11) is 0. The van der Waals surface area contributed by atoms with Crippen molar-refractivity contribution < 1.29 is 14.3 Å². The standard InChI is InChI=1S/C26H31ClN4O3/c1-4-34-25(32)23-21(28-26(33)29-24(23)19-9-5-6-10-20(19)27)16-30-12-14-31(15-13-30)22-11-7-8-17(2)18(22)3/h5-11,24H,4,12-16H2,1-3H3,(H2,28,29,33)/t24-/m1/s1. The van der Waals surface area contributed by atoms with Crippen molar-refractivity contribution in [1.82, 2.24) is 15.5 Å². The van der Waals surface area contributed by atoms with E-state index in [1.807, 2.05) is 18.2 Å². The van der Waals surface area contributed by atoms with E-state index in [0.29, 0.717) is 28.4 Å². The minimum atomic E-state index is -0.673. The first kappa shape index (κ1) is 24.1. The second-order valence-electron chi connectivity index (χ2n) is 8.65. The van der Waals surface area contributed by atoms with Gasteiger partial charge in [0.25, 0.3) is 0 Å². The van der Waals surface area contributed by atoms with Crippen molar-refractivity contribution in [1.29, 1.82) is 0 Å². The van der Waals surface area contributed by atoms with Crippen LogP contribution in [0.2, 0.25) is 5.02 Å². The van der Waals surface area contributed by atoms with E-state index >= 15 is 0 Å². The van der Waals surface area contributed by atoms with Crippen molar-refractivity contribution in [3.8, 4) is 0 Å². The maximum absolute atomic E-state index is 13.0. The normalized spacial score (nSPS) is 19.0. The molecule has 2 amide bonds. The molecule has 2 heterocycles. The number of halogens is 1. The predicted octanol–water partition coefficient (Wildman–Crippen LogP) is 3.95. The molecule has 0 aliphatic carbocycles. The second-order valence-corrected chi connectivity index (χ2v) is 9.06. The number of urea groups is 1. The monoisotopic (exact) mass is 482 g/mol. The fourth-order valence-electron chi connectivity index (χ4n) is 4.58. The first-order valence-corrected chi connectivity index (χ1v) is 12.0. The first-order valence-electron chi connectivity index (χ1n) is 11.6. The highest BCUT2D eigenvalue weighted by molar-refractivity contribution is 6.31. The molecule has 34 heavy (non-hydrogen) atoms. The Morgan fingerprint density at radius 2 is 1.82 bits per heavy atom. The molecule has 2 aromatic rings. The molecule has 0 unspecified atom stereocenters. The largest absolute Gasteiger partial charge is 0.463 e. The number of anilines is 1. The lowest BCUT2D eigenvalue weighted by Crippen LogP contribution is -2.52. The van der Waals surface area contributed by atoms with Crippen LogP contribution in [0.25, 0.3) is 0 Å². The summed E-state index contributed by atoms with van der Waals surface area (Å²) in [6.07, 6.45) is 0. The van der Waals surface area contributed by atoms with Crippen molar-refractivity contribution in [2.24, 2.45) is 0 Å². The van der Waals surface area contributed by atoms with Gasteiger partial charge in [-0.1, -0.05) is 41.9 Å². The first-order chi connectivity index (χ1) is 16.4. The molecule has 0 aromatic heterocycles. The summed E-state index contributed by atoms with van der Waals surface area (Å²) in [5, 5.41) is 6.20. The minimum Gasteiger partial charge on any atom is -0.463 e. The van der Waals surface area contributed by atoms with Crippen molar-refractivity contribution >= 4 is 29.3 Å². The maximum Gasteiger partial charge on any atom is 0.338 e. The van der Waals surface area contributed by atoms with Gasteiger partial charge in [0.2, 0.25) is 0 Å². The van der Waals surface area contributed by atoms with E-state index in [1.165, 1.54) is 16.8 Å². The van der Waals surface area contributed by atoms with E-state index in [4.69, 9.17) is 16.3 Å². The van der Waals surface area contributed by atoms with E-state index in [2.05, 4.69) is 52.5 Å². The van der Waals surface area contributed by atoms with Crippen LogP contribution in [0.3, 0.4) is 0 Å². The number of carbonyl (C=O) groups excluding carboxylic acids is 2. The highest BCUT2D eigenvalue weighted by Crippen LogP contribution is 2.32. The van der Waals surface area contributed by atoms with Crippen LogP contribution in [0.5, 0.6) is 0 Å². The summed E-state index contributed by atoms with van der Waals surface area (Å²) in [5.74, 6) is -0.455. The zero-order valence-corrected chi connectivity index (χ0v) is 20.6. The van der Waals surface area contributed by atoms with E-state index < -0.39 is 12.0 Å². The van der Waals surface area contributed by atoms with Gasteiger partial charge in [-0.2, -0.15) is 0 Å². The molecule has 0 saturated carbocycles. The number of ether oxygens (including phenoxy) is 1. The zero-order chi connectivity index (χ0) is 24.2. The summed E-state index contributed by atoms with van der Waals surface area (Å²) < 4.78 is 5.37. The summed E-state index contributed by atoms with van der Waals surface area (Å²) in [4.78, 5) is 30.2. The third-order valence-corrected chi connectivity index (χ3v) is 6.88. The Labute approximate surface area is 205 Å². The number of benzene rings is 2. The average molecular weight is 483 g/mol. The molecule has 2 aliphatic heterocycles. The molecule has 4 rings (SSSR count). The Kier molecular flexibility index (Phi) is 7.44. The van der Waals surface area contributed by atoms with Crippen LogP contribution in [0.4, 0.5) is 10.5 Å². The average Bonchev–Trinajstić information content (AvgIpc) is 2.81. The number of carbonyl (C=O) groups is 2. The molecular formula is C26H31ClN4O3. The zero-order valence-electron chi connectivity index (χ0n) is 19.9. The number of piperazine rings is 1. The van der Waals surface area contributed by atoms with Crippen LogP contribution < -0.4 is 15.5 Å². The molecule has 2 N–H and O–H groups in total. The number of esters is 1. The van der Waals surface area contributed by atoms with Crippen LogP contribution in [-0.2, 0) is 9.53 Å². The fraction of sp³-hybridized carbons (Fsp3) is 0.385. The third kappa shape index (κ3) is 5.05. The van der Waals surface area contributed by atoms with E-state index in [-0.39, 0.29) is 12.6 Å². The van der Waals surface area contributed by atoms with Gasteiger partial charge in [0.15, 0.2) is 0 Å². The van der Waals surface area contributed by atoms with Gasteiger partial charge in [0, 0.05) is 49.1 Å². The van der Waals surface area contributed by atoms with Gasteiger partial charge in [0.05, 0.1) is 18.2 Å². The topological polar surface area (TPSA) is 73.9 Å².